The van der Waals surface area contributed by atoms with Gasteiger partial charge in [0.1, 0.15) is 11.9 Å². The third-order valence-electron chi connectivity index (χ3n) is 6.77. The van der Waals surface area contributed by atoms with Gasteiger partial charge in [0.15, 0.2) is 0 Å². The Morgan fingerprint density at radius 1 is 0.919 bits per heavy atom. The SMILES string of the molecule is COc1c(C(C)(C)C)cc(-c2cccc3c2C([SiH](C)C)=C(C)C3OS(=O)(=O)C(F)(F)F)cc1C(C)(C)C. The molecule has 4 nitrogen and oxygen atoms in total. The van der Waals surface area contributed by atoms with Crippen molar-refractivity contribution in [2.45, 2.75) is 84.0 Å². The van der Waals surface area contributed by atoms with Gasteiger partial charge in [-0.2, -0.15) is 21.6 Å². The molecule has 0 spiro atoms. The number of halogens is 3. The van der Waals surface area contributed by atoms with Crippen molar-refractivity contribution < 1.29 is 30.5 Å². The van der Waals surface area contributed by atoms with E-state index in [9.17, 15) is 21.6 Å². The zero-order valence-corrected chi connectivity index (χ0v) is 25.2. The number of benzene rings is 2. The Labute approximate surface area is 220 Å². The van der Waals surface area contributed by atoms with E-state index in [4.69, 9.17) is 8.92 Å². The second-order valence-corrected chi connectivity index (χ2v) is 16.5. The van der Waals surface area contributed by atoms with E-state index in [0.717, 1.165) is 38.8 Å². The molecule has 1 aliphatic carbocycles. The molecule has 1 atom stereocenters. The van der Waals surface area contributed by atoms with Crippen molar-refractivity contribution in [3.63, 3.8) is 0 Å². The highest BCUT2D eigenvalue weighted by Gasteiger charge is 2.50. The highest BCUT2D eigenvalue weighted by Crippen LogP contribution is 2.50. The summed E-state index contributed by atoms with van der Waals surface area (Å²) in [6, 6.07) is 9.53. The zero-order valence-electron chi connectivity index (χ0n) is 23.2. The standard InChI is InChI=1S/C28H37F3O4SSi/c1-16-23(35-36(32,33)28(29,30)31)19-13-11-12-18(22(19)25(16)37(9)10)17-14-20(26(2,3)4)24(34-8)21(15-17)27(5,6)7/h11-15,23,37H,1-10H3. The molecule has 2 aromatic carbocycles. The van der Waals surface area contributed by atoms with Crippen LogP contribution in [0.15, 0.2) is 35.9 Å². The van der Waals surface area contributed by atoms with Crippen molar-refractivity contribution in [1.82, 2.24) is 0 Å². The van der Waals surface area contributed by atoms with Crippen molar-refractivity contribution in [3.05, 3.63) is 58.2 Å². The second-order valence-electron chi connectivity index (χ2n) is 12.0. The molecule has 0 aromatic heterocycles. The van der Waals surface area contributed by atoms with Crippen LogP contribution in [0.5, 0.6) is 5.75 Å². The summed E-state index contributed by atoms with van der Waals surface area (Å²) >= 11 is 0. The van der Waals surface area contributed by atoms with E-state index >= 15 is 0 Å². The van der Waals surface area contributed by atoms with Gasteiger partial charge in [0.25, 0.3) is 0 Å². The largest absolute Gasteiger partial charge is 0.523 e. The molecule has 1 aliphatic rings. The van der Waals surface area contributed by atoms with Gasteiger partial charge in [0.2, 0.25) is 0 Å². The van der Waals surface area contributed by atoms with Crippen LogP contribution in [-0.4, -0.2) is 29.8 Å². The van der Waals surface area contributed by atoms with Crippen molar-refractivity contribution >= 4 is 24.1 Å². The number of ether oxygens (including phenoxy) is 1. The van der Waals surface area contributed by atoms with E-state index in [1.807, 2.05) is 6.07 Å². The topological polar surface area (TPSA) is 52.6 Å². The summed E-state index contributed by atoms with van der Waals surface area (Å²) in [4.78, 5) is 0. The first-order chi connectivity index (χ1) is 16.7. The molecule has 0 bridgehead atoms. The Hall–Kier alpha value is -2.10. The van der Waals surface area contributed by atoms with Gasteiger partial charge in [0.05, 0.1) is 15.9 Å². The van der Waals surface area contributed by atoms with Crippen LogP contribution >= 0.6 is 0 Å². The summed E-state index contributed by atoms with van der Waals surface area (Å²) in [6.45, 7) is 18.5. The summed E-state index contributed by atoms with van der Waals surface area (Å²) < 4.78 is 74.5. The summed E-state index contributed by atoms with van der Waals surface area (Å²) in [5.41, 5.74) is -0.429. The van der Waals surface area contributed by atoms with Gasteiger partial charge in [-0.3, -0.25) is 4.18 Å². The lowest BCUT2D eigenvalue weighted by atomic mass is 9.77. The average Bonchev–Trinajstić information content (AvgIpc) is 3.02. The van der Waals surface area contributed by atoms with Crippen LogP contribution < -0.4 is 4.74 Å². The number of hydrogen-bond donors (Lipinski definition) is 0. The van der Waals surface area contributed by atoms with Crippen LogP contribution in [0.25, 0.3) is 16.3 Å². The summed E-state index contributed by atoms with van der Waals surface area (Å²) in [5.74, 6) is 0.819. The molecule has 9 heteroatoms. The second kappa shape index (κ2) is 9.57. The number of alkyl halides is 3. The van der Waals surface area contributed by atoms with Crippen molar-refractivity contribution in [3.8, 4) is 16.9 Å². The third-order valence-corrected chi connectivity index (χ3v) is 9.68. The molecular formula is C28H37F3O4SSi. The van der Waals surface area contributed by atoms with Gasteiger partial charge in [-0.1, -0.05) is 78.0 Å². The van der Waals surface area contributed by atoms with Crippen molar-refractivity contribution in [2.75, 3.05) is 7.11 Å². The molecule has 0 saturated heterocycles. The predicted octanol–water partition coefficient (Wildman–Crippen LogP) is 7.68. The normalized spacial score (nSPS) is 17.0. The number of hydrogen-bond acceptors (Lipinski definition) is 4. The Kier molecular flexibility index (Phi) is 7.62. The lowest BCUT2D eigenvalue weighted by molar-refractivity contribution is -0.0562. The number of rotatable bonds is 5. The zero-order chi connectivity index (χ0) is 28.3. The van der Waals surface area contributed by atoms with Gasteiger partial charge in [-0.15, -0.1) is 0 Å². The predicted molar refractivity (Wildman–Crippen MR) is 146 cm³/mol. The maximum Gasteiger partial charge on any atom is 0.523 e. The molecule has 37 heavy (non-hydrogen) atoms. The lowest BCUT2D eigenvalue weighted by Crippen LogP contribution is -2.27. The van der Waals surface area contributed by atoms with Crippen LogP contribution in [0.2, 0.25) is 13.1 Å². The number of methoxy groups -OCH3 is 1. The molecule has 3 rings (SSSR count). The molecule has 0 N–H and O–H groups in total. The Bertz CT molecular complexity index is 1310. The van der Waals surface area contributed by atoms with Gasteiger partial charge in [0, 0.05) is 11.1 Å². The Balaban J connectivity index is 2.38. The third kappa shape index (κ3) is 5.40. The molecule has 1 unspecified atom stereocenters. The highest BCUT2D eigenvalue weighted by atomic mass is 32.2. The minimum atomic E-state index is -5.78. The first-order valence-corrected chi connectivity index (χ1v) is 16.6. The van der Waals surface area contributed by atoms with E-state index in [0.29, 0.717) is 11.1 Å². The molecule has 2 aromatic rings. The maximum atomic E-state index is 13.2. The maximum absolute atomic E-state index is 13.2. The highest BCUT2D eigenvalue weighted by molar-refractivity contribution is 7.87. The van der Waals surface area contributed by atoms with E-state index in [2.05, 4.69) is 66.8 Å². The first-order valence-electron chi connectivity index (χ1n) is 12.3. The van der Waals surface area contributed by atoms with E-state index in [-0.39, 0.29) is 10.8 Å². The molecule has 0 aliphatic heterocycles. The van der Waals surface area contributed by atoms with Crippen molar-refractivity contribution in [1.29, 1.82) is 0 Å². The smallest absolute Gasteiger partial charge is 0.496 e. The summed E-state index contributed by atoms with van der Waals surface area (Å²) in [6.07, 6.45) is -1.31. The minimum Gasteiger partial charge on any atom is -0.496 e. The van der Waals surface area contributed by atoms with E-state index in [1.165, 1.54) is 0 Å². The number of fused-ring (bicyclic) bond motifs is 1. The fourth-order valence-electron chi connectivity index (χ4n) is 5.07. The summed E-state index contributed by atoms with van der Waals surface area (Å²) in [7, 11) is -5.74. The molecule has 0 saturated carbocycles. The van der Waals surface area contributed by atoms with E-state index < -0.39 is 30.5 Å². The van der Waals surface area contributed by atoms with Crippen LogP contribution in [0, 0.1) is 0 Å². The van der Waals surface area contributed by atoms with Crippen LogP contribution in [0.4, 0.5) is 13.2 Å². The fraction of sp³-hybridized carbons (Fsp3) is 0.500. The molecule has 0 radical (unpaired) electrons. The molecule has 204 valence electrons. The van der Waals surface area contributed by atoms with Crippen LogP contribution in [0.1, 0.15) is 76.8 Å². The monoisotopic (exact) mass is 554 g/mol. The lowest BCUT2D eigenvalue weighted by Gasteiger charge is -2.30. The van der Waals surface area contributed by atoms with Gasteiger partial charge in [-0.25, -0.2) is 0 Å². The Morgan fingerprint density at radius 3 is 1.84 bits per heavy atom. The molecule has 0 heterocycles. The first kappa shape index (κ1) is 29.5. The summed E-state index contributed by atoms with van der Waals surface area (Å²) in [5, 5.41) is 0.929. The van der Waals surface area contributed by atoms with E-state index in [1.54, 1.807) is 26.2 Å². The average molecular weight is 555 g/mol. The quantitative estimate of drug-likeness (QED) is 0.216. The van der Waals surface area contributed by atoms with Crippen molar-refractivity contribution in [2.24, 2.45) is 0 Å². The van der Waals surface area contributed by atoms with Gasteiger partial charge < -0.3 is 4.74 Å². The van der Waals surface area contributed by atoms with Crippen LogP contribution in [0.3, 0.4) is 0 Å². The fourth-order valence-corrected chi connectivity index (χ4v) is 7.64. The molecule has 0 amide bonds. The van der Waals surface area contributed by atoms with Gasteiger partial charge in [-0.05, 0) is 57.7 Å². The molecule has 0 fully saturated rings. The van der Waals surface area contributed by atoms with Gasteiger partial charge >= 0.3 is 15.6 Å². The Morgan fingerprint density at radius 2 is 1.43 bits per heavy atom. The van der Waals surface area contributed by atoms with Crippen LogP contribution in [-0.2, 0) is 25.1 Å². The minimum absolute atomic E-state index is 0.243. The molecular weight excluding hydrogens is 517 g/mol.